The van der Waals surface area contributed by atoms with E-state index < -0.39 is 48.3 Å². The number of imide groups is 1. The predicted octanol–water partition coefficient (Wildman–Crippen LogP) is 1.83. The van der Waals surface area contributed by atoms with Gasteiger partial charge in [0.15, 0.2) is 6.61 Å². The number of amides is 4. The van der Waals surface area contributed by atoms with Gasteiger partial charge in [-0.1, -0.05) is 26.0 Å². The van der Waals surface area contributed by atoms with Crippen molar-refractivity contribution in [3.8, 4) is 0 Å². The highest BCUT2D eigenvalue weighted by Gasteiger charge is 2.49. The van der Waals surface area contributed by atoms with Gasteiger partial charge in [0.1, 0.15) is 17.9 Å². The number of ether oxygens (including phenoxy) is 1. The van der Waals surface area contributed by atoms with Gasteiger partial charge in [-0.05, 0) is 37.5 Å². The Balaban J connectivity index is 1.90. The topological polar surface area (TPSA) is 96.0 Å². The minimum Gasteiger partial charge on any atom is -0.454 e. The summed E-state index contributed by atoms with van der Waals surface area (Å²) in [7, 11) is 0. The zero-order valence-corrected chi connectivity index (χ0v) is 16.9. The van der Waals surface area contributed by atoms with Crippen molar-refractivity contribution in [2.24, 2.45) is 0 Å². The van der Waals surface area contributed by atoms with E-state index in [0.29, 0.717) is 24.9 Å². The molecule has 1 heterocycles. The number of nitrogens with one attached hydrogen (secondary N) is 1. The molecule has 1 saturated heterocycles. The molecular formula is C20H26FN3O5. The van der Waals surface area contributed by atoms with E-state index >= 15 is 0 Å². The van der Waals surface area contributed by atoms with Crippen LogP contribution in [0.4, 0.5) is 9.18 Å². The number of hydrogen-bond donors (Lipinski definition) is 1. The first kappa shape index (κ1) is 22.3. The van der Waals surface area contributed by atoms with Crippen molar-refractivity contribution in [2.45, 2.75) is 45.7 Å². The van der Waals surface area contributed by atoms with Crippen LogP contribution in [-0.2, 0) is 25.7 Å². The van der Waals surface area contributed by atoms with Gasteiger partial charge in [0.25, 0.3) is 11.8 Å². The van der Waals surface area contributed by atoms with Crippen molar-refractivity contribution in [3.63, 3.8) is 0 Å². The lowest BCUT2D eigenvalue weighted by molar-refractivity contribution is -0.154. The van der Waals surface area contributed by atoms with Crippen LogP contribution in [-0.4, -0.2) is 58.8 Å². The summed E-state index contributed by atoms with van der Waals surface area (Å²) in [6.45, 7) is 4.73. The normalized spacial score (nSPS) is 15.2. The minimum absolute atomic E-state index is 0.174. The maximum absolute atomic E-state index is 13.3. The maximum Gasteiger partial charge on any atom is 0.326 e. The van der Waals surface area contributed by atoms with Crippen molar-refractivity contribution in [2.75, 3.05) is 19.7 Å². The molecule has 29 heavy (non-hydrogen) atoms. The van der Waals surface area contributed by atoms with E-state index in [9.17, 15) is 23.6 Å². The molecule has 0 bridgehead atoms. The number of likely N-dealkylation sites (N-methyl/N-ethyl adjacent to an activating group) is 1. The molecule has 8 nitrogen and oxygen atoms in total. The molecule has 1 aromatic rings. The van der Waals surface area contributed by atoms with E-state index in [2.05, 4.69) is 5.32 Å². The second-order valence-corrected chi connectivity index (χ2v) is 6.81. The highest BCUT2D eigenvalue weighted by Crippen LogP contribution is 2.24. The van der Waals surface area contributed by atoms with Gasteiger partial charge < -0.3 is 15.0 Å². The summed E-state index contributed by atoms with van der Waals surface area (Å²) < 4.78 is 18.3. The zero-order valence-electron chi connectivity index (χ0n) is 16.9. The number of nitrogens with zero attached hydrogens (tertiary/aromatic N) is 2. The third-order valence-electron chi connectivity index (χ3n) is 5.09. The molecule has 4 amide bonds. The Kier molecular flexibility index (Phi) is 7.30. The van der Waals surface area contributed by atoms with Crippen molar-refractivity contribution in [3.05, 3.63) is 35.6 Å². The molecule has 0 unspecified atom stereocenters. The highest BCUT2D eigenvalue weighted by atomic mass is 19.1. The summed E-state index contributed by atoms with van der Waals surface area (Å²) in [5, 5.41) is 2.62. The lowest BCUT2D eigenvalue weighted by Crippen LogP contribution is -2.46. The van der Waals surface area contributed by atoms with Crippen LogP contribution in [0.25, 0.3) is 0 Å². The molecule has 0 saturated carbocycles. The second-order valence-electron chi connectivity index (χ2n) is 6.81. The predicted molar refractivity (Wildman–Crippen MR) is 102 cm³/mol. The van der Waals surface area contributed by atoms with E-state index in [1.807, 2.05) is 0 Å². The van der Waals surface area contributed by atoms with Crippen LogP contribution < -0.4 is 5.32 Å². The maximum atomic E-state index is 13.3. The van der Waals surface area contributed by atoms with Gasteiger partial charge in [-0.25, -0.2) is 9.18 Å². The molecule has 1 aliphatic heterocycles. The number of carbonyl (C=O) groups is 4. The molecule has 0 atom stereocenters. The Morgan fingerprint density at radius 2 is 1.90 bits per heavy atom. The number of benzene rings is 1. The average molecular weight is 407 g/mol. The lowest BCUT2D eigenvalue weighted by Gasteiger charge is -2.23. The monoisotopic (exact) mass is 407 g/mol. The van der Waals surface area contributed by atoms with E-state index in [1.54, 1.807) is 32.9 Å². The standard InChI is InChI=1S/C20H26FN3O5/c1-4-20(5-2)18(27)24(19(28)22-20)12-17(26)29-13-16(25)23(6-3)11-14-8-7-9-15(21)10-14/h7-10H,4-6,11-13H2,1-3H3,(H,22,28). The number of urea groups is 1. The van der Waals surface area contributed by atoms with Gasteiger partial charge in [0.05, 0.1) is 0 Å². The summed E-state index contributed by atoms with van der Waals surface area (Å²) in [4.78, 5) is 51.2. The Bertz CT molecular complexity index is 794. The molecular weight excluding hydrogens is 381 g/mol. The van der Waals surface area contributed by atoms with Crippen LogP contribution in [0, 0.1) is 5.82 Å². The number of esters is 1. The fraction of sp³-hybridized carbons (Fsp3) is 0.500. The van der Waals surface area contributed by atoms with Crippen LogP contribution in [0.5, 0.6) is 0 Å². The largest absolute Gasteiger partial charge is 0.454 e. The van der Waals surface area contributed by atoms with E-state index in [4.69, 9.17) is 4.74 Å². The average Bonchev–Trinajstić information content (AvgIpc) is 2.94. The molecule has 158 valence electrons. The van der Waals surface area contributed by atoms with E-state index in [0.717, 1.165) is 4.90 Å². The SMILES string of the molecule is CCN(Cc1cccc(F)c1)C(=O)COC(=O)CN1C(=O)NC(CC)(CC)C1=O. The summed E-state index contributed by atoms with van der Waals surface area (Å²) in [6, 6.07) is 5.23. The quantitative estimate of drug-likeness (QED) is 0.498. The third-order valence-corrected chi connectivity index (χ3v) is 5.09. The van der Waals surface area contributed by atoms with Gasteiger partial charge in [0.2, 0.25) is 0 Å². The molecule has 1 N–H and O–H groups in total. The fourth-order valence-corrected chi connectivity index (χ4v) is 3.19. The molecule has 1 aliphatic rings. The van der Waals surface area contributed by atoms with Crippen LogP contribution >= 0.6 is 0 Å². The first-order valence-electron chi connectivity index (χ1n) is 9.58. The summed E-state index contributed by atoms with van der Waals surface area (Å²) in [5.41, 5.74) is -0.390. The molecule has 0 aromatic heterocycles. The molecule has 9 heteroatoms. The Labute approximate surface area is 169 Å². The van der Waals surface area contributed by atoms with Crippen molar-refractivity contribution in [1.29, 1.82) is 0 Å². The smallest absolute Gasteiger partial charge is 0.326 e. The minimum atomic E-state index is -1.00. The van der Waals surface area contributed by atoms with Crippen LogP contribution in [0.2, 0.25) is 0 Å². The molecule has 2 rings (SSSR count). The summed E-state index contributed by atoms with van der Waals surface area (Å²) >= 11 is 0. The Hall–Kier alpha value is -2.97. The van der Waals surface area contributed by atoms with Crippen LogP contribution in [0.3, 0.4) is 0 Å². The first-order chi connectivity index (χ1) is 13.8. The third kappa shape index (κ3) is 5.10. The number of rotatable bonds is 9. The number of carbonyl (C=O) groups excluding carboxylic acids is 4. The van der Waals surface area contributed by atoms with Gasteiger partial charge in [-0.3, -0.25) is 19.3 Å². The molecule has 0 radical (unpaired) electrons. The fourth-order valence-electron chi connectivity index (χ4n) is 3.19. The Morgan fingerprint density at radius 1 is 1.21 bits per heavy atom. The summed E-state index contributed by atoms with van der Waals surface area (Å²) in [5.74, 6) is -2.19. The van der Waals surface area contributed by atoms with Crippen LogP contribution in [0.15, 0.2) is 24.3 Å². The molecule has 0 spiro atoms. The van der Waals surface area contributed by atoms with Gasteiger partial charge in [-0.2, -0.15) is 0 Å². The number of halogens is 1. The van der Waals surface area contributed by atoms with Crippen LogP contribution in [0.1, 0.15) is 39.2 Å². The molecule has 1 fully saturated rings. The first-order valence-corrected chi connectivity index (χ1v) is 9.58. The van der Waals surface area contributed by atoms with Gasteiger partial charge in [0, 0.05) is 13.1 Å². The van der Waals surface area contributed by atoms with Crippen molar-refractivity contribution in [1.82, 2.24) is 15.1 Å². The van der Waals surface area contributed by atoms with E-state index in [1.165, 1.54) is 17.0 Å². The number of hydrogen-bond acceptors (Lipinski definition) is 5. The molecule has 1 aromatic carbocycles. The highest BCUT2D eigenvalue weighted by molar-refractivity contribution is 6.08. The summed E-state index contributed by atoms with van der Waals surface area (Å²) in [6.07, 6.45) is 0.813. The van der Waals surface area contributed by atoms with E-state index in [-0.39, 0.29) is 6.54 Å². The second kappa shape index (κ2) is 9.49. The van der Waals surface area contributed by atoms with Crippen molar-refractivity contribution < 1.29 is 28.3 Å². The lowest BCUT2D eigenvalue weighted by atomic mass is 9.93. The molecule has 0 aliphatic carbocycles. The van der Waals surface area contributed by atoms with Crippen molar-refractivity contribution >= 4 is 23.8 Å². The van der Waals surface area contributed by atoms with Gasteiger partial charge in [-0.15, -0.1) is 0 Å². The Morgan fingerprint density at radius 3 is 2.45 bits per heavy atom. The zero-order chi connectivity index (χ0) is 21.6. The van der Waals surface area contributed by atoms with Gasteiger partial charge >= 0.3 is 12.0 Å².